The van der Waals surface area contributed by atoms with Crippen LogP contribution in [0.5, 0.6) is 0 Å². The van der Waals surface area contributed by atoms with E-state index in [2.05, 4.69) is 36.8 Å². The molecule has 1 fully saturated rings. The normalized spacial score (nSPS) is 14.0. The van der Waals surface area contributed by atoms with Gasteiger partial charge in [0.25, 0.3) is 16.0 Å². The Morgan fingerprint density at radius 3 is 2.44 bits per heavy atom. The van der Waals surface area contributed by atoms with Crippen LogP contribution in [0.15, 0.2) is 60.7 Å². The van der Waals surface area contributed by atoms with Crippen molar-refractivity contribution >= 4 is 50.4 Å². The van der Waals surface area contributed by atoms with Crippen molar-refractivity contribution in [1.82, 2.24) is 30.1 Å². The molecular weight excluding hydrogens is 618 g/mol. The van der Waals surface area contributed by atoms with Crippen molar-refractivity contribution in [3.8, 4) is 11.4 Å². The summed E-state index contributed by atoms with van der Waals surface area (Å²) >= 11 is 5.99. The van der Waals surface area contributed by atoms with Crippen molar-refractivity contribution in [1.29, 1.82) is 0 Å². The highest BCUT2D eigenvalue weighted by molar-refractivity contribution is 7.86. The summed E-state index contributed by atoms with van der Waals surface area (Å²) in [6, 6.07) is 19.2. The fourth-order valence-corrected chi connectivity index (χ4v) is 5.52. The molecule has 0 bridgehead atoms. The molecular formula is C31H36ClN7O5S. The van der Waals surface area contributed by atoms with Crippen molar-refractivity contribution in [3.63, 3.8) is 0 Å². The van der Waals surface area contributed by atoms with E-state index in [-0.39, 0.29) is 12.5 Å². The molecule has 3 heterocycles. The first kappa shape index (κ1) is 32.4. The van der Waals surface area contributed by atoms with Gasteiger partial charge in [0, 0.05) is 49.9 Å². The molecule has 0 aliphatic carbocycles. The number of carbonyl (C=O) groups is 2. The Kier molecular flexibility index (Phi) is 10.7. The molecule has 14 heteroatoms. The Labute approximate surface area is 267 Å². The molecule has 0 unspecified atom stereocenters. The van der Waals surface area contributed by atoms with Crippen LogP contribution < -0.4 is 10.6 Å². The van der Waals surface area contributed by atoms with E-state index in [1.807, 2.05) is 47.4 Å². The Balaban J connectivity index is 1.21. The van der Waals surface area contributed by atoms with E-state index in [0.29, 0.717) is 48.0 Å². The lowest BCUT2D eigenvalue weighted by atomic mass is 10.1. The molecule has 4 aromatic rings. The summed E-state index contributed by atoms with van der Waals surface area (Å²) in [5.41, 5.74) is 3.02. The third kappa shape index (κ3) is 9.24. The average Bonchev–Trinajstić information content (AvgIpc) is 3.48. The minimum atomic E-state index is -3.71. The molecule has 0 radical (unpaired) electrons. The van der Waals surface area contributed by atoms with E-state index in [0.717, 1.165) is 49.3 Å². The molecule has 3 N–H and O–H groups in total. The summed E-state index contributed by atoms with van der Waals surface area (Å²) in [5, 5.41) is 7.20. The topological polar surface area (TPSA) is 150 Å². The molecule has 1 aliphatic rings. The Morgan fingerprint density at radius 1 is 1.00 bits per heavy atom. The van der Waals surface area contributed by atoms with Crippen LogP contribution in [-0.2, 0) is 25.5 Å². The van der Waals surface area contributed by atoms with Gasteiger partial charge < -0.3 is 20.5 Å². The van der Waals surface area contributed by atoms with Gasteiger partial charge in [-0.25, -0.2) is 9.97 Å². The summed E-state index contributed by atoms with van der Waals surface area (Å²) in [6.45, 7) is 3.73. The zero-order valence-corrected chi connectivity index (χ0v) is 26.5. The lowest BCUT2D eigenvalue weighted by Gasteiger charge is -2.34. The van der Waals surface area contributed by atoms with Gasteiger partial charge >= 0.3 is 0 Å². The van der Waals surface area contributed by atoms with Gasteiger partial charge in [0.1, 0.15) is 23.8 Å². The van der Waals surface area contributed by atoms with Gasteiger partial charge in [0.05, 0.1) is 11.6 Å². The number of benzene rings is 2. The van der Waals surface area contributed by atoms with Crippen molar-refractivity contribution < 1.29 is 22.2 Å². The van der Waals surface area contributed by atoms with Gasteiger partial charge in [0.2, 0.25) is 5.91 Å². The molecule has 0 atom stereocenters. The van der Waals surface area contributed by atoms with Crippen molar-refractivity contribution in [2.75, 3.05) is 64.0 Å². The minimum Gasteiger partial charge on any atom is -0.368 e. The number of hydrogen-bond acceptors (Lipinski definition) is 9. The first-order valence-corrected chi connectivity index (χ1v) is 16.9. The lowest BCUT2D eigenvalue weighted by Crippen LogP contribution is -2.49. The second-order valence-corrected chi connectivity index (χ2v) is 12.9. The smallest absolute Gasteiger partial charge is 0.270 e. The van der Waals surface area contributed by atoms with Crippen LogP contribution in [0.2, 0.25) is 5.02 Å². The Bertz CT molecular complexity index is 1720. The van der Waals surface area contributed by atoms with Crippen molar-refractivity contribution in [2.24, 2.45) is 0 Å². The second-order valence-electron chi connectivity index (χ2n) is 10.8. The van der Waals surface area contributed by atoms with Gasteiger partial charge in [-0.15, -0.1) is 0 Å². The molecule has 0 saturated carbocycles. The predicted molar refractivity (Wildman–Crippen MR) is 174 cm³/mol. The molecule has 2 amide bonds. The third-order valence-corrected chi connectivity index (χ3v) is 8.20. The number of aromatic nitrogens is 3. The fraction of sp³-hybridized carbons (Fsp3) is 0.355. The number of piperazine rings is 1. The van der Waals surface area contributed by atoms with Gasteiger partial charge in [-0.2, -0.15) is 8.42 Å². The Hall–Kier alpha value is -4.04. The number of aromatic amines is 1. The summed E-state index contributed by atoms with van der Waals surface area (Å²) in [7, 11) is -3.71. The summed E-state index contributed by atoms with van der Waals surface area (Å²) in [4.78, 5) is 42.3. The number of rotatable bonds is 13. The maximum Gasteiger partial charge on any atom is 0.270 e. The van der Waals surface area contributed by atoms with E-state index >= 15 is 0 Å². The largest absolute Gasteiger partial charge is 0.368 e. The molecule has 12 nitrogen and oxygen atoms in total. The number of anilines is 1. The number of hydrogen-bond donors (Lipinski definition) is 3. The zero-order valence-electron chi connectivity index (χ0n) is 25.0. The second kappa shape index (κ2) is 14.8. The average molecular weight is 654 g/mol. The molecule has 45 heavy (non-hydrogen) atoms. The van der Waals surface area contributed by atoms with Crippen LogP contribution >= 0.6 is 11.6 Å². The number of fused-ring (bicyclic) bond motifs is 1. The maximum absolute atomic E-state index is 13.5. The number of amides is 2. The number of nitrogens with zero attached hydrogens (tertiary/aromatic N) is 4. The molecule has 1 saturated heterocycles. The Morgan fingerprint density at radius 2 is 1.73 bits per heavy atom. The maximum atomic E-state index is 13.5. The minimum absolute atomic E-state index is 0.0980. The first-order valence-electron chi connectivity index (χ1n) is 14.7. The molecule has 2 aromatic heterocycles. The molecule has 1 aliphatic heterocycles. The standard InChI is InChI=1S/C31H36ClN7O5S/c1-45(42,43)44-21-27(40)33-13-14-34-29-25-20-26(35-30(25)37-28(36-29)23-7-3-2-4-8-23)31(41)39-18-16-38(17-19-39)15-5-6-22-9-11-24(32)12-10-22/h2-4,7-12,20H,5-6,13-19,21H2,1H3,(H,33,40)(H2,34,35,36,37). The van der Waals surface area contributed by atoms with Crippen LogP contribution in [0.25, 0.3) is 22.4 Å². The lowest BCUT2D eigenvalue weighted by molar-refractivity contribution is -0.122. The van der Waals surface area contributed by atoms with Gasteiger partial charge in [-0.1, -0.05) is 54.1 Å². The molecule has 0 spiro atoms. The van der Waals surface area contributed by atoms with Gasteiger partial charge in [0.15, 0.2) is 5.82 Å². The van der Waals surface area contributed by atoms with Crippen molar-refractivity contribution in [2.45, 2.75) is 12.8 Å². The van der Waals surface area contributed by atoms with E-state index < -0.39 is 22.6 Å². The summed E-state index contributed by atoms with van der Waals surface area (Å²) < 4.78 is 26.8. The quantitative estimate of drug-likeness (QED) is 0.146. The zero-order chi connectivity index (χ0) is 31.8. The van der Waals surface area contributed by atoms with Crippen molar-refractivity contribution in [3.05, 3.63) is 76.9 Å². The fourth-order valence-electron chi connectivity index (χ4n) is 5.07. The van der Waals surface area contributed by atoms with Crippen LogP contribution in [0.3, 0.4) is 0 Å². The van der Waals surface area contributed by atoms with Crippen LogP contribution in [0, 0.1) is 0 Å². The summed E-state index contributed by atoms with van der Waals surface area (Å²) in [5.74, 6) is 0.320. The number of aryl methyl sites for hydroxylation is 1. The van der Waals surface area contributed by atoms with Gasteiger partial charge in [-0.3, -0.25) is 18.7 Å². The van der Waals surface area contributed by atoms with Crippen LogP contribution in [0.4, 0.5) is 5.82 Å². The molecule has 238 valence electrons. The highest BCUT2D eigenvalue weighted by Gasteiger charge is 2.24. The highest BCUT2D eigenvalue weighted by atomic mass is 35.5. The van der Waals surface area contributed by atoms with E-state index in [1.54, 1.807) is 6.07 Å². The first-order chi connectivity index (χ1) is 21.6. The molecule has 2 aromatic carbocycles. The number of nitrogens with one attached hydrogen (secondary N) is 3. The monoisotopic (exact) mass is 653 g/mol. The van der Waals surface area contributed by atoms with E-state index in [4.69, 9.17) is 21.6 Å². The predicted octanol–water partition coefficient (Wildman–Crippen LogP) is 3.17. The summed E-state index contributed by atoms with van der Waals surface area (Å²) in [6.07, 6.45) is 2.90. The van der Waals surface area contributed by atoms with E-state index in [1.165, 1.54) is 5.56 Å². The highest BCUT2D eigenvalue weighted by Crippen LogP contribution is 2.26. The number of H-pyrrole nitrogens is 1. The van der Waals surface area contributed by atoms with Crippen LogP contribution in [0.1, 0.15) is 22.5 Å². The van der Waals surface area contributed by atoms with E-state index in [9.17, 15) is 18.0 Å². The third-order valence-electron chi connectivity index (χ3n) is 7.41. The SMILES string of the molecule is CS(=O)(=O)OCC(=O)NCCNc1nc(-c2ccccc2)nc2[nH]c(C(=O)N3CCN(CCCc4ccc(Cl)cc4)CC3)cc12. The number of carbonyl (C=O) groups excluding carboxylic acids is 2. The number of halogens is 1. The van der Waals surface area contributed by atoms with Gasteiger partial charge in [-0.05, 0) is 43.1 Å². The molecule has 5 rings (SSSR count). The van der Waals surface area contributed by atoms with Crippen LogP contribution in [-0.4, -0.2) is 104 Å².